The van der Waals surface area contributed by atoms with Gasteiger partial charge in [0.1, 0.15) is 21.8 Å². The van der Waals surface area contributed by atoms with E-state index in [4.69, 9.17) is 17.0 Å². The summed E-state index contributed by atoms with van der Waals surface area (Å²) in [6.07, 6.45) is 3.77. The highest BCUT2D eigenvalue weighted by Gasteiger charge is 2.42. The quantitative estimate of drug-likeness (QED) is 0.265. The van der Waals surface area contributed by atoms with Crippen LogP contribution in [0, 0.1) is 24.2 Å². The first-order valence-electron chi connectivity index (χ1n) is 13.1. The third kappa shape index (κ3) is 5.78. The van der Waals surface area contributed by atoms with Crippen LogP contribution < -0.4 is 10.5 Å². The van der Waals surface area contributed by atoms with Crippen LogP contribution in [0.1, 0.15) is 56.2 Å². The summed E-state index contributed by atoms with van der Waals surface area (Å²) in [7, 11) is -3.22. The maximum atomic E-state index is 13.5. The zero-order valence-corrected chi connectivity index (χ0v) is 24.7. The van der Waals surface area contributed by atoms with Crippen molar-refractivity contribution in [3.8, 4) is 6.07 Å². The van der Waals surface area contributed by atoms with Crippen molar-refractivity contribution in [1.29, 1.82) is 5.26 Å². The number of anilines is 1. The van der Waals surface area contributed by atoms with Gasteiger partial charge in [0.2, 0.25) is 0 Å². The van der Waals surface area contributed by atoms with E-state index in [0.717, 1.165) is 11.8 Å². The number of nitrogens with zero attached hydrogens (tertiary/aromatic N) is 4. The van der Waals surface area contributed by atoms with E-state index in [1.54, 1.807) is 24.5 Å². The normalized spacial score (nSPS) is 22.5. The largest absolute Gasteiger partial charge is 0.466 e. The number of rotatable bonds is 7. The second-order valence-corrected chi connectivity index (χ2v) is 13.8. The van der Waals surface area contributed by atoms with Crippen molar-refractivity contribution >= 4 is 61.9 Å². The van der Waals surface area contributed by atoms with Gasteiger partial charge in [-0.2, -0.15) is 5.26 Å². The Bertz CT molecular complexity index is 1430. The van der Waals surface area contributed by atoms with Crippen LogP contribution in [0.25, 0.3) is 6.08 Å². The molecule has 0 N–H and O–H groups in total. The van der Waals surface area contributed by atoms with Gasteiger partial charge in [-0.1, -0.05) is 30.9 Å². The van der Waals surface area contributed by atoms with Gasteiger partial charge in [-0.05, 0) is 51.2 Å². The Morgan fingerprint density at radius 3 is 2.49 bits per heavy atom. The van der Waals surface area contributed by atoms with Crippen molar-refractivity contribution in [3.63, 3.8) is 0 Å². The van der Waals surface area contributed by atoms with Crippen LogP contribution in [0.2, 0.25) is 0 Å². The SMILES string of the molecule is CCCn1c(N2CCC(C(=O)OCC)CC2)c(C=C2SC(=S)N(C3CCS(=O)(=O)C3)C2=O)c(C)c(C#N)c1=O. The fourth-order valence-corrected chi connectivity index (χ4v) is 8.49. The predicted molar refractivity (Wildman–Crippen MR) is 154 cm³/mol. The minimum Gasteiger partial charge on any atom is -0.466 e. The number of hydrogen-bond donors (Lipinski definition) is 0. The third-order valence-corrected chi connectivity index (χ3v) is 10.5. The standard InChI is InChI=1S/C26H32N4O6S3/c1-4-9-29-22(28-10-6-17(7-11-28)25(33)36-5-2)19(16(3)20(14-27)23(29)31)13-21-24(32)30(26(37)38-21)18-8-12-39(34,35)15-18/h13,17-18H,4-12,15H2,1-3H3. The second-order valence-electron chi connectivity index (χ2n) is 9.93. The Morgan fingerprint density at radius 2 is 1.92 bits per heavy atom. The van der Waals surface area contributed by atoms with Crippen LogP contribution >= 0.6 is 24.0 Å². The van der Waals surface area contributed by atoms with E-state index in [1.165, 1.54) is 4.90 Å². The number of esters is 1. The molecule has 3 saturated heterocycles. The molecule has 1 aromatic rings. The first-order valence-corrected chi connectivity index (χ1v) is 16.1. The van der Waals surface area contributed by atoms with E-state index in [0.29, 0.717) is 78.1 Å². The minimum absolute atomic E-state index is 0.0113. The van der Waals surface area contributed by atoms with Crippen LogP contribution in [0.5, 0.6) is 0 Å². The average molecular weight is 593 g/mol. The van der Waals surface area contributed by atoms with Gasteiger partial charge in [-0.15, -0.1) is 0 Å². The number of aromatic nitrogens is 1. The van der Waals surface area contributed by atoms with E-state index in [1.807, 2.05) is 17.9 Å². The summed E-state index contributed by atoms with van der Waals surface area (Å²) >= 11 is 6.58. The molecule has 4 rings (SSSR count). The Balaban J connectivity index is 1.77. The van der Waals surface area contributed by atoms with Gasteiger partial charge in [0, 0.05) is 25.2 Å². The molecule has 10 nitrogen and oxygen atoms in total. The summed E-state index contributed by atoms with van der Waals surface area (Å²) in [6, 6.07) is 1.54. The Hall–Kier alpha value is -2.69. The molecule has 0 aliphatic carbocycles. The maximum absolute atomic E-state index is 13.5. The van der Waals surface area contributed by atoms with Gasteiger partial charge in [-0.3, -0.25) is 23.9 Å². The lowest BCUT2D eigenvalue weighted by Crippen LogP contribution is -2.41. The number of sulfone groups is 1. The molecule has 39 heavy (non-hydrogen) atoms. The van der Waals surface area contributed by atoms with Crippen molar-refractivity contribution in [2.24, 2.45) is 5.92 Å². The van der Waals surface area contributed by atoms with Gasteiger partial charge in [-0.25, -0.2) is 8.42 Å². The molecule has 0 aromatic carbocycles. The topological polar surface area (TPSA) is 130 Å². The molecule has 4 heterocycles. The number of thiocarbonyl (C=S) groups is 1. The van der Waals surface area contributed by atoms with E-state index >= 15 is 0 Å². The Morgan fingerprint density at radius 1 is 1.23 bits per heavy atom. The number of thioether (sulfide) groups is 1. The number of hydrogen-bond acceptors (Lipinski definition) is 10. The number of piperidine rings is 1. The van der Waals surface area contributed by atoms with E-state index in [2.05, 4.69) is 0 Å². The van der Waals surface area contributed by atoms with E-state index in [-0.39, 0.29) is 40.4 Å². The van der Waals surface area contributed by atoms with Crippen LogP contribution in [0.15, 0.2) is 9.70 Å². The molecule has 13 heteroatoms. The molecule has 0 saturated carbocycles. The fraction of sp³-hybridized carbons (Fsp3) is 0.577. The van der Waals surface area contributed by atoms with Crippen LogP contribution in [0.4, 0.5) is 5.82 Å². The molecule has 3 aliphatic rings. The van der Waals surface area contributed by atoms with Crippen molar-refractivity contribution in [3.05, 3.63) is 31.9 Å². The van der Waals surface area contributed by atoms with Crippen molar-refractivity contribution in [2.75, 3.05) is 36.1 Å². The summed E-state index contributed by atoms with van der Waals surface area (Å²) in [5.74, 6) is -0.315. The Labute approximate surface area is 237 Å². The number of amides is 1. The highest BCUT2D eigenvalue weighted by molar-refractivity contribution is 8.26. The lowest BCUT2D eigenvalue weighted by Gasteiger charge is -2.35. The number of ether oxygens (including phenoxy) is 1. The second kappa shape index (κ2) is 11.8. The number of nitriles is 1. The molecule has 0 radical (unpaired) electrons. The van der Waals surface area contributed by atoms with Gasteiger partial charge in [0.05, 0.1) is 35.0 Å². The van der Waals surface area contributed by atoms with E-state index in [9.17, 15) is 28.1 Å². The lowest BCUT2D eigenvalue weighted by molar-refractivity contribution is -0.148. The first-order chi connectivity index (χ1) is 18.5. The average Bonchev–Trinajstić information content (AvgIpc) is 3.39. The van der Waals surface area contributed by atoms with Gasteiger partial charge >= 0.3 is 5.97 Å². The third-order valence-electron chi connectivity index (χ3n) is 7.38. The molecule has 1 atom stereocenters. The molecule has 210 valence electrons. The number of pyridine rings is 1. The predicted octanol–water partition coefficient (Wildman–Crippen LogP) is 2.61. The maximum Gasteiger partial charge on any atom is 0.309 e. The number of carbonyl (C=O) groups excluding carboxylic acids is 2. The fourth-order valence-electron chi connectivity index (χ4n) is 5.41. The zero-order chi connectivity index (χ0) is 28.5. The van der Waals surface area contributed by atoms with E-state index < -0.39 is 15.9 Å². The first kappa shape index (κ1) is 29.3. The molecule has 3 fully saturated rings. The highest BCUT2D eigenvalue weighted by Crippen LogP contribution is 2.39. The van der Waals surface area contributed by atoms with Gasteiger partial charge in [0.15, 0.2) is 9.84 Å². The molecule has 0 spiro atoms. The molecular weight excluding hydrogens is 561 g/mol. The van der Waals surface area contributed by atoms with Crippen LogP contribution in [-0.2, 0) is 30.7 Å². The lowest BCUT2D eigenvalue weighted by atomic mass is 9.95. The smallest absolute Gasteiger partial charge is 0.309 e. The molecule has 3 aliphatic heterocycles. The molecule has 1 unspecified atom stereocenters. The number of carbonyl (C=O) groups is 2. The zero-order valence-electron chi connectivity index (χ0n) is 22.3. The van der Waals surface area contributed by atoms with Crippen LogP contribution in [0.3, 0.4) is 0 Å². The summed E-state index contributed by atoms with van der Waals surface area (Å²) in [5, 5.41) is 9.85. The van der Waals surface area contributed by atoms with Crippen molar-refractivity contribution in [2.45, 2.75) is 59.0 Å². The van der Waals surface area contributed by atoms with Crippen LogP contribution in [-0.4, -0.2) is 71.3 Å². The molecule has 0 bridgehead atoms. The molecular formula is C26H32N4O6S3. The van der Waals surface area contributed by atoms with Gasteiger partial charge in [0.25, 0.3) is 11.5 Å². The minimum atomic E-state index is -3.22. The van der Waals surface area contributed by atoms with Crippen molar-refractivity contribution < 1.29 is 22.7 Å². The van der Waals surface area contributed by atoms with Crippen molar-refractivity contribution in [1.82, 2.24) is 9.47 Å². The molecule has 1 amide bonds. The highest BCUT2D eigenvalue weighted by atomic mass is 32.2. The Kier molecular flexibility index (Phi) is 8.88. The summed E-state index contributed by atoms with van der Waals surface area (Å²) in [6.45, 7) is 7.11. The molecule has 1 aromatic heterocycles. The summed E-state index contributed by atoms with van der Waals surface area (Å²) in [5.41, 5.74) is 0.664. The summed E-state index contributed by atoms with van der Waals surface area (Å²) in [4.78, 5) is 42.9. The monoisotopic (exact) mass is 592 g/mol. The van der Waals surface area contributed by atoms with Gasteiger partial charge < -0.3 is 9.64 Å². The summed E-state index contributed by atoms with van der Waals surface area (Å²) < 4.78 is 31.2.